The van der Waals surface area contributed by atoms with Gasteiger partial charge in [0.1, 0.15) is 11.6 Å². The summed E-state index contributed by atoms with van der Waals surface area (Å²) in [7, 11) is 1.73. The molecule has 5 heteroatoms. The number of anilines is 1. The van der Waals surface area contributed by atoms with Gasteiger partial charge in [-0.05, 0) is 12.1 Å². The third-order valence-corrected chi connectivity index (χ3v) is 2.80. The summed E-state index contributed by atoms with van der Waals surface area (Å²) < 4.78 is 32.1. The second-order valence-electron chi connectivity index (χ2n) is 4.17. The van der Waals surface area contributed by atoms with Crippen LogP contribution in [0.5, 0.6) is 0 Å². The Balaban J connectivity index is 2.02. The first-order chi connectivity index (χ1) is 8.16. The van der Waals surface area contributed by atoms with E-state index in [2.05, 4.69) is 5.32 Å². The summed E-state index contributed by atoms with van der Waals surface area (Å²) in [5.41, 5.74) is 0.263. The number of hydrogen-bond acceptors (Lipinski definition) is 3. The van der Waals surface area contributed by atoms with Crippen molar-refractivity contribution in [3.63, 3.8) is 0 Å². The molecule has 0 amide bonds. The number of ether oxygens (including phenoxy) is 1. The van der Waals surface area contributed by atoms with E-state index in [0.717, 1.165) is 25.2 Å². The van der Waals surface area contributed by atoms with Gasteiger partial charge in [0.2, 0.25) is 0 Å². The van der Waals surface area contributed by atoms with Crippen molar-refractivity contribution in [3.05, 3.63) is 29.8 Å². The summed E-state index contributed by atoms with van der Waals surface area (Å²) >= 11 is 0. The van der Waals surface area contributed by atoms with Crippen molar-refractivity contribution in [3.8, 4) is 0 Å². The van der Waals surface area contributed by atoms with E-state index < -0.39 is 11.6 Å². The zero-order valence-corrected chi connectivity index (χ0v) is 9.75. The molecule has 0 saturated carbocycles. The minimum Gasteiger partial charge on any atom is -0.374 e. The number of morpholine rings is 1. The molecule has 0 aromatic heterocycles. The molecule has 1 heterocycles. The van der Waals surface area contributed by atoms with Gasteiger partial charge in [0, 0.05) is 32.7 Å². The zero-order valence-electron chi connectivity index (χ0n) is 9.75. The van der Waals surface area contributed by atoms with Crippen molar-refractivity contribution in [1.29, 1.82) is 0 Å². The van der Waals surface area contributed by atoms with E-state index in [1.54, 1.807) is 11.9 Å². The van der Waals surface area contributed by atoms with E-state index in [9.17, 15) is 8.78 Å². The number of likely N-dealkylation sites (N-methyl/N-ethyl adjacent to an activating group) is 1. The van der Waals surface area contributed by atoms with E-state index >= 15 is 0 Å². The molecule has 94 valence electrons. The lowest BCUT2D eigenvalue weighted by atomic mass is 10.2. The minimum atomic E-state index is -0.434. The molecule has 1 aliphatic rings. The molecule has 17 heavy (non-hydrogen) atoms. The van der Waals surface area contributed by atoms with Crippen LogP contribution in [-0.4, -0.2) is 39.4 Å². The molecule has 1 unspecified atom stereocenters. The van der Waals surface area contributed by atoms with Gasteiger partial charge in [-0.25, -0.2) is 8.78 Å². The van der Waals surface area contributed by atoms with Crippen molar-refractivity contribution in [2.24, 2.45) is 0 Å². The van der Waals surface area contributed by atoms with Crippen LogP contribution < -0.4 is 10.2 Å². The highest BCUT2D eigenvalue weighted by atomic mass is 19.1. The van der Waals surface area contributed by atoms with Gasteiger partial charge >= 0.3 is 0 Å². The van der Waals surface area contributed by atoms with E-state index in [1.165, 1.54) is 6.07 Å². The molecule has 1 aromatic carbocycles. The summed E-state index contributed by atoms with van der Waals surface area (Å²) in [4.78, 5) is 1.68. The largest absolute Gasteiger partial charge is 0.374 e. The van der Waals surface area contributed by atoms with Gasteiger partial charge in [-0.1, -0.05) is 0 Å². The van der Waals surface area contributed by atoms with Gasteiger partial charge in [0.25, 0.3) is 0 Å². The van der Waals surface area contributed by atoms with Crippen LogP contribution in [0.2, 0.25) is 0 Å². The average Bonchev–Trinajstić information content (AvgIpc) is 2.33. The van der Waals surface area contributed by atoms with Crippen molar-refractivity contribution in [2.45, 2.75) is 6.10 Å². The van der Waals surface area contributed by atoms with Gasteiger partial charge in [-0.2, -0.15) is 0 Å². The number of halogens is 2. The summed E-state index contributed by atoms with van der Waals surface area (Å²) in [6.07, 6.45) is 0.0106. The van der Waals surface area contributed by atoms with E-state index in [-0.39, 0.29) is 11.8 Å². The van der Waals surface area contributed by atoms with Crippen LogP contribution in [0.3, 0.4) is 0 Å². The molecule has 0 spiro atoms. The van der Waals surface area contributed by atoms with Crippen LogP contribution >= 0.6 is 0 Å². The van der Waals surface area contributed by atoms with Crippen molar-refractivity contribution < 1.29 is 13.5 Å². The maximum atomic E-state index is 13.5. The summed E-state index contributed by atoms with van der Waals surface area (Å²) in [6.45, 7) is 2.77. The standard InChI is InChI=1S/C12H16F2N2O/c1-16(8-10-7-15-4-5-17-10)12-6-9(13)2-3-11(12)14/h2-3,6,10,15H,4-5,7-8H2,1H3. The predicted octanol–water partition coefficient (Wildman–Crippen LogP) is 1.39. The average molecular weight is 242 g/mol. The lowest BCUT2D eigenvalue weighted by Crippen LogP contribution is -2.44. The molecule has 0 radical (unpaired) electrons. The molecule has 2 rings (SSSR count). The summed E-state index contributed by atoms with van der Waals surface area (Å²) in [5.74, 6) is -0.853. The fourth-order valence-electron chi connectivity index (χ4n) is 1.92. The van der Waals surface area contributed by atoms with Crippen LogP contribution in [0.15, 0.2) is 18.2 Å². The molecular formula is C12H16F2N2O. The number of nitrogens with zero attached hydrogens (tertiary/aromatic N) is 1. The molecule has 1 aromatic rings. The Kier molecular flexibility index (Phi) is 3.91. The highest BCUT2D eigenvalue weighted by Crippen LogP contribution is 2.19. The molecule has 1 saturated heterocycles. The van der Waals surface area contributed by atoms with Gasteiger partial charge < -0.3 is 15.0 Å². The Morgan fingerprint density at radius 1 is 1.47 bits per heavy atom. The molecule has 1 aliphatic heterocycles. The SMILES string of the molecule is CN(CC1CNCCO1)c1cc(F)ccc1F. The highest BCUT2D eigenvalue weighted by Gasteiger charge is 2.17. The maximum absolute atomic E-state index is 13.5. The molecule has 1 fully saturated rings. The second-order valence-corrected chi connectivity index (χ2v) is 4.17. The quantitative estimate of drug-likeness (QED) is 0.867. The first-order valence-electron chi connectivity index (χ1n) is 5.65. The van der Waals surface area contributed by atoms with Crippen molar-refractivity contribution in [1.82, 2.24) is 5.32 Å². The van der Waals surface area contributed by atoms with Gasteiger partial charge in [-0.15, -0.1) is 0 Å². The Morgan fingerprint density at radius 2 is 2.29 bits per heavy atom. The molecular weight excluding hydrogens is 226 g/mol. The number of rotatable bonds is 3. The van der Waals surface area contributed by atoms with Crippen LogP contribution in [0, 0.1) is 11.6 Å². The third kappa shape index (κ3) is 3.14. The van der Waals surface area contributed by atoms with Crippen molar-refractivity contribution >= 4 is 5.69 Å². The van der Waals surface area contributed by atoms with E-state index in [0.29, 0.717) is 13.2 Å². The van der Waals surface area contributed by atoms with Crippen LogP contribution in [0.4, 0.5) is 14.5 Å². The molecule has 1 atom stereocenters. The lowest BCUT2D eigenvalue weighted by molar-refractivity contribution is 0.0339. The molecule has 1 N–H and O–H groups in total. The van der Waals surface area contributed by atoms with Gasteiger partial charge in [-0.3, -0.25) is 0 Å². The Labute approximate surface area is 99.4 Å². The fraction of sp³-hybridized carbons (Fsp3) is 0.500. The van der Waals surface area contributed by atoms with E-state index in [4.69, 9.17) is 4.74 Å². The maximum Gasteiger partial charge on any atom is 0.146 e. The smallest absolute Gasteiger partial charge is 0.146 e. The number of hydrogen-bond donors (Lipinski definition) is 1. The van der Waals surface area contributed by atoms with Crippen LogP contribution in [-0.2, 0) is 4.74 Å². The monoisotopic (exact) mass is 242 g/mol. The number of nitrogens with one attached hydrogen (secondary N) is 1. The first-order valence-corrected chi connectivity index (χ1v) is 5.65. The Hall–Kier alpha value is -1.20. The zero-order chi connectivity index (χ0) is 12.3. The van der Waals surface area contributed by atoms with Gasteiger partial charge in [0.05, 0.1) is 18.4 Å². The normalized spacial score (nSPS) is 20.3. The minimum absolute atomic E-state index is 0.0106. The van der Waals surface area contributed by atoms with E-state index in [1.807, 2.05) is 0 Å². The fourth-order valence-corrected chi connectivity index (χ4v) is 1.92. The predicted molar refractivity (Wildman–Crippen MR) is 62.2 cm³/mol. The molecule has 0 bridgehead atoms. The van der Waals surface area contributed by atoms with Crippen LogP contribution in [0.1, 0.15) is 0 Å². The highest BCUT2D eigenvalue weighted by molar-refractivity contribution is 5.47. The second kappa shape index (κ2) is 5.42. The van der Waals surface area contributed by atoms with Gasteiger partial charge in [0.15, 0.2) is 0 Å². The topological polar surface area (TPSA) is 24.5 Å². The summed E-state index contributed by atoms with van der Waals surface area (Å²) in [6, 6.07) is 3.46. The first kappa shape index (κ1) is 12.3. The molecule has 0 aliphatic carbocycles. The number of benzene rings is 1. The lowest BCUT2D eigenvalue weighted by Gasteiger charge is -2.29. The van der Waals surface area contributed by atoms with Crippen molar-refractivity contribution in [2.75, 3.05) is 38.2 Å². The van der Waals surface area contributed by atoms with Crippen LogP contribution in [0.25, 0.3) is 0 Å². The third-order valence-electron chi connectivity index (χ3n) is 2.80. The molecule has 3 nitrogen and oxygen atoms in total. The Bertz CT molecular complexity index is 381. The Morgan fingerprint density at radius 3 is 3.00 bits per heavy atom. The summed E-state index contributed by atoms with van der Waals surface area (Å²) in [5, 5.41) is 3.20.